The molecular formula is C12H11ClN2OS. The van der Waals surface area contributed by atoms with Gasteiger partial charge in [0, 0.05) is 6.07 Å². The quantitative estimate of drug-likeness (QED) is 0.479. The fourth-order valence-corrected chi connectivity index (χ4v) is 1.91. The number of hydrogen-bond donors (Lipinski definition) is 0. The molecule has 2 rings (SSSR count). The van der Waals surface area contributed by atoms with Gasteiger partial charge in [-0.1, -0.05) is 35.5 Å². The molecule has 0 aliphatic heterocycles. The topological polar surface area (TPSA) is 35.0 Å². The van der Waals surface area contributed by atoms with Gasteiger partial charge >= 0.3 is 0 Å². The first-order chi connectivity index (χ1) is 8.17. The molecule has 1 aromatic carbocycles. The number of halogens is 1. The minimum absolute atomic E-state index is 0.381. The van der Waals surface area contributed by atoms with Crippen molar-refractivity contribution >= 4 is 23.4 Å². The van der Waals surface area contributed by atoms with Crippen LogP contribution < -0.4 is 4.74 Å². The van der Waals surface area contributed by atoms with Crippen LogP contribution in [0.3, 0.4) is 0 Å². The average Bonchev–Trinajstić information content (AvgIpc) is 2.28. The lowest BCUT2D eigenvalue weighted by atomic mass is 10.2. The van der Waals surface area contributed by atoms with Crippen molar-refractivity contribution in [3.8, 4) is 11.6 Å². The summed E-state index contributed by atoms with van der Waals surface area (Å²) in [5.74, 6) is 1.20. The molecule has 0 amide bonds. The van der Waals surface area contributed by atoms with Crippen LogP contribution in [0.4, 0.5) is 0 Å². The van der Waals surface area contributed by atoms with E-state index in [2.05, 4.69) is 9.97 Å². The largest absolute Gasteiger partial charge is 0.439 e. The molecule has 0 aliphatic carbocycles. The highest BCUT2D eigenvalue weighted by molar-refractivity contribution is 7.98. The average molecular weight is 267 g/mol. The third-order valence-electron chi connectivity index (χ3n) is 2.05. The molecule has 1 aromatic heterocycles. The van der Waals surface area contributed by atoms with Crippen molar-refractivity contribution in [3.05, 3.63) is 41.0 Å². The minimum Gasteiger partial charge on any atom is -0.439 e. The lowest BCUT2D eigenvalue weighted by Crippen LogP contribution is -1.92. The Morgan fingerprint density at radius 3 is 2.76 bits per heavy atom. The fourth-order valence-electron chi connectivity index (χ4n) is 1.32. The second kappa shape index (κ2) is 5.38. The van der Waals surface area contributed by atoms with Gasteiger partial charge in [0.15, 0.2) is 5.16 Å². The van der Waals surface area contributed by atoms with Crippen LogP contribution in [-0.2, 0) is 0 Å². The second-order valence-electron chi connectivity index (χ2n) is 3.43. The van der Waals surface area contributed by atoms with Gasteiger partial charge in [-0.15, -0.1) is 0 Å². The van der Waals surface area contributed by atoms with E-state index in [9.17, 15) is 0 Å². The summed E-state index contributed by atoms with van der Waals surface area (Å²) < 4.78 is 5.63. The number of ether oxygens (including phenoxy) is 1. The van der Waals surface area contributed by atoms with Crippen LogP contribution in [-0.4, -0.2) is 16.2 Å². The van der Waals surface area contributed by atoms with Crippen LogP contribution in [0.25, 0.3) is 0 Å². The molecule has 5 heteroatoms. The highest BCUT2D eigenvalue weighted by Gasteiger charge is 2.04. The zero-order valence-electron chi connectivity index (χ0n) is 9.48. The molecule has 0 spiro atoms. The van der Waals surface area contributed by atoms with Gasteiger partial charge in [0.25, 0.3) is 0 Å². The normalized spacial score (nSPS) is 10.3. The molecule has 3 nitrogen and oxygen atoms in total. The van der Waals surface area contributed by atoms with E-state index in [0.717, 1.165) is 11.3 Å². The maximum absolute atomic E-state index is 5.88. The molecule has 1 heterocycles. The van der Waals surface area contributed by atoms with E-state index in [1.54, 1.807) is 6.07 Å². The molecule has 0 aliphatic rings. The number of thioether (sulfide) groups is 1. The minimum atomic E-state index is 0.381. The number of benzene rings is 1. The second-order valence-corrected chi connectivity index (χ2v) is 4.59. The van der Waals surface area contributed by atoms with Crippen molar-refractivity contribution in [1.82, 2.24) is 9.97 Å². The Morgan fingerprint density at radius 2 is 2.06 bits per heavy atom. The Hall–Kier alpha value is -1.26. The summed E-state index contributed by atoms with van der Waals surface area (Å²) in [5.41, 5.74) is 1.13. The maximum atomic E-state index is 5.88. The third-order valence-corrected chi connectivity index (χ3v) is 2.79. The zero-order valence-corrected chi connectivity index (χ0v) is 11.0. The Bertz CT molecular complexity index is 534. The standard InChI is InChI=1S/C12H11ClN2OS/c1-8-4-3-5-9(6-8)16-11-7-10(13)14-12(15-11)17-2/h3-7H,1-2H3. The van der Waals surface area contributed by atoms with E-state index in [4.69, 9.17) is 16.3 Å². The van der Waals surface area contributed by atoms with E-state index in [0.29, 0.717) is 16.2 Å². The van der Waals surface area contributed by atoms with Crippen LogP contribution in [0.5, 0.6) is 11.6 Å². The summed E-state index contributed by atoms with van der Waals surface area (Å²) in [6.45, 7) is 2.01. The van der Waals surface area contributed by atoms with E-state index in [1.807, 2.05) is 37.4 Å². The predicted molar refractivity (Wildman–Crippen MR) is 70.1 cm³/mol. The highest BCUT2D eigenvalue weighted by Crippen LogP contribution is 2.24. The van der Waals surface area contributed by atoms with Gasteiger partial charge in [0.05, 0.1) is 0 Å². The van der Waals surface area contributed by atoms with E-state index in [1.165, 1.54) is 11.8 Å². The molecule has 0 saturated carbocycles. The summed E-state index contributed by atoms with van der Waals surface area (Å²) >= 11 is 7.31. The predicted octanol–water partition coefficient (Wildman–Crippen LogP) is 3.95. The molecule has 0 bridgehead atoms. The zero-order chi connectivity index (χ0) is 12.3. The first-order valence-corrected chi connectivity index (χ1v) is 6.61. The Balaban J connectivity index is 2.26. The molecule has 0 saturated heterocycles. The van der Waals surface area contributed by atoms with Crippen LogP contribution in [0.1, 0.15) is 5.56 Å². The third kappa shape index (κ3) is 3.35. The molecule has 0 unspecified atom stereocenters. The molecular weight excluding hydrogens is 256 g/mol. The van der Waals surface area contributed by atoms with Crippen LogP contribution >= 0.6 is 23.4 Å². The summed E-state index contributed by atoms with van der Waals surface area (Å²) in [6, 6.07) is 9.36. The molecule has 88 valence electrons. The summed E-state index contributed by atoms with van der Waals surface area (Å²) in [6.07, 6.45) is 1.89. The van der Waals surface area contributed by atoms with E-state index < -0.39 is 0 Å². The van der Waals surface area contributed by atoms with Gasteiger partial charge in [0.1, 0.15) is 10.9 Å². The summed E-state index contributed by atoms with van der Waals surface area (Å²) in [4.78, 5) is 8.27. The van der Waals surface area contributed by atoms with Gasteiger partial charge < -0.3 is 4.74 Å². The number of hydrogen-bond acceptors (Lipinski definition) is 4. The van der Waals surface area contributed by atoms with Crippen LogP contribution in [0, 0.1) is 6.92 Å². The van der Waals surface area contributed by atoms with Gasteiger partial charge in [0.2, 0.25) is 5.88 Å². The number of rotatable bonds is 3. The molecule has 17 heavy (non-hydrogen) atoms. The lowest BCUT2D eigenvalue weighted by molar-refractivity contribution is 0.455. The van der Waals surface area contributed by atoms with Crippen molar-refractivity contribution in [2.45, 2.75) is 12.1 Å². The number of aryl methyl sites for hydroxylation is 1. The van der Waals surface area contributed by atoms with Crippen LogP contribution in [0.15, 0.2) is 35.5 Å². The smallest absolute Gasteiger partial charge is 0.224 e. The fraction of sp³-hybridized carbons (Fsp3) is 0.167. The van der Waals surface area contributed by atoms with Crippen molar-refractivity contribution < 1.29 is 4.74 Å². The van der Waals surface area contributed by atoms with Gasteiger partial charge in [-0.3, -0.25) is 0 Å². The Morgan fingerprint density at radius 1 is 1.24 bits per heavy atom. The number of aromatic nitrogens is 2. The summed E-state index contributed by atoms with van der Waals surface area (Å²) in [7, 11) is 0. The molecule has 0 atom stereocenters. The van der Waals surface area contributed by atoms with E-state index in [-0.39, 0.29) is 0 Å². The Labute approximate surface area is 109 Å². The van der Waals surface area contributed by atoms with Crippen molar-refractivity contribution in [2.24, 2.45) is 0 Å². The van der Waals surface area contributed by atoms with Crippen molar-refractivity contribution in [3.63, 3.8) is 0 Å². The first kappa shape index (κ1) is 12.2. The van der Waals surface area contributed by atoms with Gasteiger partial charge in [-0.2, -0.15) is 4.98 Å². The molecule has 2 aromatic rings. The van der Waals surface area contributed by atoms with E-state index >= 15 is 0 Å². The molecule has 0 radical (unpaired) electrons. The van der Waals surface area contributed by atoms with Crippen molar-refractivity contribution in [1.29, 1.82) is 0 Å². The lowest BCUT2D eigenvalue weighted by Gasteiger charge is -2.06. The van der Waals surface area contributed by atoms with Crippen LogP contribution in [0.2, 0.25) is 5.15 Å². The highest BCUT2D eigenvalue weighted by atomic mass is 35.5. The van der Waals surface area contributed by atoms with Gasteiger partial charge in [-0.05, 0) is 30.9 Å². The summed E-state index contributed by atoms with van der Waals surface area (Å²) in [5, 5.41) is 0.979. The van der Waals surface area contributed by atoms with Gasteiger partial charge in [-0.25, -0.2) is 4.98 Å². The van der Waals surface area contributed by atoms with Crippen molar-refractivity contribution in [2.75, 3.05) is 6.26 Å². The molecule has 0 fully saturated rings. The maximum Gasteiger partial charge on any atom is 0.224 e. The molecule has 0 N–H and O–H groups in total. The monoisotopic (exact) mass is 266 g/mol. The first-order valence-electron chi connectivity index (χ1n) is 5.00. The Kier molecular flexibility index (Phi) is 3.86. The SMILES string of the molecule is CSc1nc(Cl)cc(Oc2cccc(C)c2)n1. The number of nitrogens with zero attached hydrogens (tertiary/aromatic N) is 2.